The van der Waals surface area contributed by atoms with Crippen molar-refractivity contribution < 1.29 is 19.5 Å². The number of aryl methyl sites for hydroxylation is 1. The number of rotatable bonds is 8. The molecule has 7 heteroatoms. The minimum absolute atomic E-state index is 0.110. The molecule has 0 aliphatic rings. The number of amides is 2. The Hall–Kier alpha value is -2.86. The Balaban J connectivity index is 1.79. The number of nitrogens with one attached hydrogen (secondary N) is 2. The van der Waals surface area contributed by atoms with Gasteiger partial charge < -0.3 is 15.7 Å². The third kappa shape index (κ3) is 6.75. The number of carbonyl (C=O) groups excluding carboxylic acids is 2. The number of halogens is 1. The van der Waals surface area contributed by atoms with Gasteiger partial charge in [0.1, 0.15) is 6.04 Å². The summed E-state index contributed by atoms with van der Waals surface area (Å²) in [4.78, 5) is 34.7. The smallest absolute Gasteiger partial charge is 0.325 e. The lowest BCUT2D eigenvalue weighted by atomic mass is 10.1. The van der Waals surface area contributed by atoms with E-state index in [1.54, 1.807) is 12.1 Å². The summed E-state index contributed by atoms with van der Waals surface area (Å²) in [5, 5.41) is 14.6. The van der Waals surface area contributed by atoms with Crippen molar-refractivity contribution in [1.29, 1.82) is 0 Å². The number of carboxylic acid groups (broad SMARTS) is 1. The highest BCUT2D eigenvalue weighted by Gasteiger charge is 2.15. The molecule has 142 valence electrons. The van der Waals surface area contributed by atoms with Gasteiger partial charge in [0.15, 0.2) is 0 Å². The molecule has 6 nitrogen and oxygen atoms in total. The van der Waals surface area contributed by atoms with E-state index in [4.69, 9.17) is 16.7 Å². The minimum atomic E-state index is -1.11. The van der Waals surface area contributed by atoms with E-state index in [0.717, 1.165) is 12.0 Å². The fourth-order valence-corrected chi connectivity index (χ4v) is 2.50. The summed E-state index contributed by atoms with van der Waals surface area (Å²) < 4.78 is 0. The second-order valence-electron chi connectivity index (χ2n) is 6.14. The maximum absolute atomic E-state index is 12.0. The van der Waals surface area contributed by atoms with Gasteiger partial charge >= 0.3 is 5.97 Å². The van der Waals surface area contributed by atoms with Gasteiger partial charge in [-0.1, -0.05) is 23.7 Å². The van der Waals surface area contributed by atoms with Gasteiger partial charge in [-0.3, -0.25) is 14.4 Å². The molecular formula is C20H21ClN2O4. The molecule has 27 heavy (non-hydrogen) atoms. The second kappa shape index (κ2) is 9.73. The van der Waals surface area contributed by atoms with Crippen LogP contribution < -0.4 is 10.6 Å². The molecule has 1 atom stereocenters. The summed E-state index contributed by atoms with van der Waals surface area (Å²) in [6, 6.07) is 12.8. The molecule has 0 spiro atoms. The monoisotopic (exact) mass is 388 g/mol. The molecule has 0 aromatic heterocycles. The zero-order chi connectivity index (χ0) is 19.8. The zero-order valence-corrected chi connectivity index (χ0v) is 15.6. The van der Waals surface area contributed by atoms with Gasteiger partial charge in [0, 0.05) is 22.7 Å². The largest absolute Gasteiger partial charge is 0.480 e. The van der Waals surface area contributed by atoms with Crippen molar-refractivity contribution in [3.63, 3.8) is 0 Å². The summed E-state index contributed by atoms with van der Waals surface area (Å²) in [6.45, 7) is 1.39. The molecule has 0 saturated carbocycles. The number of hydrogen-bond acceptors (Lipinski definition) is 3. The van der Waals surface area contributed by atoms with Crippen molar-refractivity contribution in [1.82, 2.24) is 5.32 Å². The van der Waals surface area contributed by atoms with Crippen LogP contribution in [0, 0.1) is 0 Å². The van der Waals surface area contributed by atoms with Crippen LogP contribution in [-0.4, -0.2) is 28.9 Å². The van der Waals surface area contributed by atoms with Crippen LogP contribution in [-0.2, 0) is 16.0 Å². The first-order chi connectivity index (χ1) is 12.8. The highest BCUT2D eigenvalue weighted by Crippen LogP contribution is 2.13. The van der Waals surface area contributed by atoms with Crippen molar-refractivity contribution >= 4 is 35.1 Å². The Morgan fingerprint density at radius 1 is 1.04 bits per heavy atom. The van der Waals surface area contributed by atoms with E-state index >= 15 is 0 Å². The first kappa shape index (κ1) is 20.5. The van der Waals surface area contributed by atoms with Crippen molar-refractivity contribution in [3.05, 3.63) is 64.7 Å². The van der Waals surface area contributed by atoms with Crippen LogP contribution in [0.4, 0.5) is 5.69 Å². The molecule has 2 aromatic carbocycles. The van der Waals surface area contributed by atoms with E-state index in [1.807, 2.05) is 24.3 Å². The molecule has 3 N–H and O–H groups in total. The fourth-order valence-electron chi connectivity index (χ4n) is 2.37. The van der Waals surface area contributed by atoms with Gasteiger partial charge in [-0.05, 0) is 61.7 Å². The molecule has 2 amide bonds. The minimum Gasteiger partial charge on any atom is -0.480 e. The Kier molecular flexibility index (Phi) is 7.37. The lowest BCUT2D eigenvalue weighted by Crippen LogP contribution is -2.38. The van der Waals surface area contributed by atoms with Crippen molar-refractivity contribution in [2.24, 2.45) is 0 Å². The van der Waals surface area contributed by atoms with Crippen LogP contribution in [0.25, 0.3) is 0 Å². The highest BCUT2D eigenvalue weighted by molar-refractivity contribution is 6.30. The molecule has 0 fully saturated rings. The van der Waals surface area contributed by atoms with Crippen molar-refractivity contribution in [2.45, 2.75) is 32.2 Å². The number of aliphatic carboxylic acids is 1. The van der Waals surface area contributed by atoms with Crippen LogP contribution in [0.1, 0.15) is 35.7 Å². The first-order valence-electron chi connectivity index (χ1n) is 8.53. The molecule has 0 saturated heterocycles. The van der Waals surface area contributed by atoms with E-state index in [0.29, 0.717) is 29.1 Å². The van der Waals surface area contributed by atoms with Crippen LogP contribution >= 0.6 is 11.6 Å². The molecular weight excluding hydrogens is 368 g/mol. The van der Waals surface area contributed by atoms with E-state index in [9.17, 15) is 14.4 Å². The van der Waals surface area contributed by atoms with Gasteiger partial charge in [0.05, 0.1) is 0 Å². The number of carboxylic acids is 1. The first-order valence-corrected chi connectivity index (χ1v) is 8.91. The molecule has 0 radical (unpaired) electrons. The maximum Gasteiger partial charge on any atom is 0.325 e. The number of benzene rings is 2. The number of carbonyl (C=O) groups is 3. The van der Waals surface area contributed by atoms with Crippen LogP contribution in [0.5, 0.6) is 0 Å². The third-order valence-corrected chi connectivity index (χ3v) is 4.18. The van der Waals surface area contributed by atoms with E-state index < -0.39 is 17.9 Å². The summed E-state index contributed by atoms with van der Waals surface area (Å²) in [6.07, 6.45) is 1.87. The zero-order valence-electron chi connectivity index (χ0n) is 14.9. The van der Waals surface area contributed by atoms with Gasteiger partial charge in [-0.25, -0.2) is 0 Å². The SMILES string of the molecule is CC(NC(=O)c1ccc(NC(=O)CCCc2ccc(Cl)cc2)cc1)C(=O)O. The van der Waals surface area contributed by atoms with Gasteiger partial charge in [-0.2, -0.15) is 0 Å². The standard InChI is InChI=1S/C20H21ClN2O4/c1-13(20(26)27)22-19(25)15-7-11-17(12-8-15)23-18(24)4-2-3-14-5-9-16(21)10-6-14/h5-13H,2-4H2,1H3,(H,22,25)(H,23,24)(H,26,27). The fraction of sp³-hybridized carbons (Fsp3) is 0.250. The average Bonchev–Trinajstić information content (AvgIpc) is 2.63. The topological polar surface area (TPSA) is 95.5 Å². The van der Waals surface area contributed by atoms with Gasteiger partial charge in [0.2, 0.25) is 5.91 Å². The normalized spacial score (nSPS) is 11.5. The summed E-state index contributed by atoms with van der Waals surface area (Å²) in [5.41, 5.74) is 2.02. The molecule has 0 bridgehead atoms. The molecule has 2 rings (SSSR count). The summed E-state index contributed by atoms with van der Waals surface area (Å²) >= 11 is 5.84. The van der Waals surface area contributed by atoms with E-state index in [-0.39, 0.29) is 5.91 Å². The molecule has 1 unspecified atom stereocenters. The van der Waals surface area contributed by atoms with Crippen molar-refractivity contribution in [2.75, 3.05) is 5.32 Å². The Bertz CT molecular complexity index is 804. The van der Waals surface area contributed by atoms with Crippen LogP contribution in [0.3, 0.4) is 0 Å². The lowest BCUT2D eigenvalue weighted by molar-refractivity contribution is -0.138. The average molecular weight is 389 g/mol. The Morgan fingerprint density at radius 3 is 2.26 bits per heavy atom. The molecule has 0 heterocycles. The van der Waals surface area contributed by atoms with Crippen LogP contribution in [0.15, 0.2) is 48.5 Å². The predicted molar refractivity (Wildman–Crippen MR) is 104 cm³/mol. The van der Waals surface area contributed by atoms with Gasteiger partial charge in [-0.15, -0.1) is 0 Å². The molecule has 0 aliphatic carbocycles. The highest BCUT2D eigenvalue weighted by atomic mass is 35.5. The second-order valence-corrected chi connectivity index (χ2v) is 6.58. The molecule has 0 aliphatic heterocycles. The Morgan fingerprint density at radius 2 is 1.67 bits per heavy atom. The van der Waals surface area contributed by atoms with E-state index in [2.05, 4.69) is 10.6 Å². The van der Waals surface area contributed by atoms with E-state index in [1.165, 1.54) is 19.1 Å². The Labute approximate surface area is 162 Å². The quantitative estimate of drug-likeness (QED) is 0.644. The number of hydrogen-bond donors (Lipinski definition) is 3. The van der Waals surface area contributed by atoms with Crippen molar-refractivity contribution in [3.8, 4) is 0 Å². The van der Waals surface area contributed by atoms with Gasteiger partial charge in [0.25, 0.3) is 5.91 Å². The third-order valence-electron chi connectivity index (χ3n) is 3.93. The lowest BCUT2D eigenvalue weighted by Gasteiger charge is -2.10. The molecule has 2 aromatic rings. The van der Waals surface area contributed by atoms with Crippen LogP contribution in [0.2, 0.25) is 5.02 Å². The predicted octanol–water partition coefficient (Wildman–Crippen LogP) is 3.50. The maximum atomic E-state index is 12.0. The summed E-state index contributed by atoms with van der Waals surface area (Å²) in [5.74, 6) is -1.70. The summed E-state index contributed by atoms with van der Waals surface area (Å²) in [7, 11) is 0. The number of anilines is 1.